The molecule has 0 aliphatic heterocycles. The molecule has 0 heterocycles. The highest BCUT2D eigenvalue weighted by Crippen LogP contribution is 2.49. The highest BCUT2D eigenvalue weighted by Gasteiger charge is 2.42. The standard InChI is InChI=1S/C18H28O/c1-11-8-16-15(9-14(11)13(3)19)17(4,5)10-12(2)18(16,6)7/h8-9,12-13,19H,10H2,1-7H3. The third-order valence-corrected chi connectivity index (χ3v) is 5.33. The Hall–Kier alpha value is -0.820. The lowest BCUT2D eigenvalue weighted by Crippen LogP contribution is -2.40. The lowest BCUT2D eigenvalue weighted by Gasteiger charge is -2.47. The van der Waals surface area contributed by atoms with Gasteiger partial charge in [-0.25, -0.2) is 0 Å². The van der Waals surface area contributed by atoms with Crippen LogP contribution in [-0.2, 0) is 10.8 Å². The maximum Gasteiger partial charge on any atom is 0.0764 e. The molecule has 1 heteroatoms. The Morgan fingerprint density at radius 2 is 1.74 bits per heavy atom. The Kier molecular flexibility index (Phi) is 3.33. The van der Waals surface area contributed by atoms with Gasteiger partial charge in [0.15, 0.2) is 0 Å². The first kappa shape index (κ1) is 14.6. The summed E-state index contributed by atoms with van der Waals surface area (Å²) < 4.78 is 0. The second kappa shape index (κ2) is 4.34. The zero-order chi connectivity index (χ0) is 14.6. The Bertz CT molecular complexity index is 495. The van der Waals surface area contributed by atoms with E-state index < -0.39 is 0 Å². The number of hydrogen-bond acceptors (Lipinski definition) is 1. The monoisotopic (exact) mass is 260 g/mol. The molecule has 0 saturated carbocycles. The average Bonchev–Trinajstić information content (AvgIpc) is 2.25. The lowest BCUT2D eigenvalue weighted by atomic mass is 9.58. The van der Waals surface area contributed by atoms with E-state index in [2.05, 4.69) is 53.7 Å². The number of aryl methyl sites for hydroxylation is 1. The minimum absolute atomic E-state index is 0.196. The predicted molar refractivity (Wildman–Crippen MR) is 81.6 cm³/mol. The van der Waals surface area contributed by atoms with E-state index in [-0.39, 0.29) is 16.9 Å². The van der Waals surface area contributed by atoms with E-state index in [4.69, 9.17) is 0 Å². The van der Waals surface area contributed by atoms with Crippen LogP contribution in [-0.4, -0.2) is 5.11 Å². The van der Waals surface area contributed by atoms with Gasteiger partial charge in [0.2, 0.25) is 0 Å². The van der Waals surface area contributed by atoms with Gasteiger partial charge >= 0.3 is 0 Å². The Morgan fingerprint density at radius 1 is 1.16 bits per heavy atom. The highest BCUT2D eigenvalue weighted by molar-refractivity contribution is 5.48. The zero-order valence-corrected chi connectivity index (χ0v) is 13.5. The van der Waals surface area contributed by atoms with Gasteiger partial charge in [-0.05, 0) is 59.3 Å². The van der Waals surface area contributed by atoms with Gasteiger partial charge in [0.1, 0.15) is 0 Å². The van der Waals surface area contributed by atoms with Crippen LogP contribution < -0.4 is 0 Å². The van der Waals surface area contributed by atoms with Gasteiger partial charge in [-0.1, -0.05) is 46.8 Å². The van der Waals surface area contributed by atoms with Crippen molar-refractivity contribution in [3.8, 4) is 0 Å². The molecule has 0 bridgehead atoms. The normalized spacial score (nSPS) is 25.8. The first-order chi connectivity index (χ1) is 8.57. The SMILES string of the molecule is Cc1cc2c(cc1C(C)O)C(C)(C)CC(C)C2(C)C. The van der Waals surface area contributed by atoms with Gasteiger partial charge in [0, 0.05) is 0 Å². The number of hydrogen-bond donors (Lipinski definition) is 1. The summed E-state index contributed by atoms with van der Waals surface area (Å²) in [6, 6.07) is 4.57. The van der Waals surface area contributed by atoms with Gasteiger partial charge < -0.3 is 5.11 Å². The van der Waals surface area contributed by atoms with Crippen molar-refractivity contribution in [1.29, 1.82) is 0 Å². The molecule has 1 nitrogen and oxygen atoms in total. The summed E-state index contributed by atoms with van der Waals surface area (Å²) >= 11 is 0. The van der Waals surface area contributed by atoms with Crippen LogP contribution >= 0.6 is 0 Å². The molecule has 1 aromatic rings. The van der Waals surface area contributed by atoms with Crippen molar-refractivity contribution in [3.63, 3.8) is 0 Å². The molecule has 0 radical (unpaired) electrons. The van der Waals surface area contributed by atoms with Crippen molar-refractivity contribution >= 4 is 0 Å². The van der Waals surface area contributed by atoms with Gasteiger partial charge in [-0.15, -0.1) is 0 Å². The molecule has 19 heavy (non-hydrogen) atoms. The quantitative estimate of drug-likeness (QED) is 0.779. The third-order valence-electron chi connectivity index (χ3n) is 5.33. The van der Waals surface area contributed by atoms with Crippen molar-refractivity contribution < 1.29 is 5.11 Å². The van der Waals surface area contributed by atoms with E-state index in [0.29, 0.717) is 5.92 Å². The molecule has 0 amide bonds. The van der Waals surface area contributed by atoms with E-state index in [9.17, 15) is 5.11 Å². The van der Waals surface area contributed by atoms with E-state index in [0.717, 1.165) is 5.56 Å². The van der Waals surface area contributed by atoms with Crippen LogP contribution in [0.15, 0.2) is 12.1 Å². The second-order valence-corrected chi connectivity index (χ2v) is 7.64. The Labute approximate surface area is 118 Å². The van der Waals surface area contributed by atoms with E-state index in [1.54, 1.807) is 0 Å². The molecule has 0 spiro atoms. The molecule has 1 aliphatic rings. The maximum absolute atomic E-state index is 9.96. The summed E-state index contributed by atoms with van der Waals surface area (Å²) in [6.45, 7) is 15.7. The summed E-state index contributed by atoms with van der Waals surface area (Å²) in [5.41, 5.74) is 5.60. The maximum atomic E-state index is 9.96. The smallest absolute Gasteiger partial charge is 0.0764 e. The highest BCUT2D eigenvalue weighted by atomic mass is 16.3. The fraction of sp³-hybridized carbons (Fsp3) is 0.667. The van der Waals surface area contributed by atoms with Gasteiger partial charge in [0.05, 0.1) is 6.10 Å². The van der Waals surface area contributed by atoms with Gasteiger partial charge in [0.25, 0.3) is 0 Å². The Balaban J connectivity index is 2.72. The minimum Gasteiger partial charge on any atom is -0.389 e. The number of rotatable bonds is 1. The molecule has 0 fully saturated rings. The molecule has 0 aromatic heterocycles. The molecule has 2 rings (SSSR count). The van der Waals surface area contributed by atoms with Crippen LogP contribution in [0.25, 0.3) is 0 Å². The number of benzene rings is 1. The summed E-state index contributed by atoms with van der Waals surface area (Å²) in [4.78, 5) is 0. The van der Waals surface area contributed by atoms with Gasteiger partial charge in [-0.2, -0.15) is 0 Å². The van der Waals surface area contributed by atoms with Crippen molar-refractivity contribution in [2.24, 2.45) is 5.92 Å². The summed E-state index contributed by atoms with van der Waals surface area (Å²) in [5.74, 6) is 0.673. The fourth-order valence-electron chi connectivity index (χ4n) is 3.66. The average molecular weight is 260 g/mol. The van der Waals surface area contributed by atoms with Crippen LogP contribution in [0.2, 0.25) is 0 Å². The largest absolute Gasteiger partial charge is 0.389 e. The Morgan fingerprint density at radius 3 is 2.26 bits per heavy atom. The minimum atomic E-state index is -0.386. The molecule has 1 aromatic carbocycles. The van der Waals surface area contributed by atoms with Crippen molar-refractivity contribution in [1.82, 2.24) is 0 Å². The van der Waals surface area contributed by atoms with Crippen molar-refractivity contribution in [2.45, 2.75) is 71.8 Å². The number of fused-ring (bicyclic) bond motifs is 1. The number of aliphatic hydroxyl groups is 1. The van der Waals surface area contributed by atoms with Crippen molar-refractivity contribution in [3.05, 3.63) is 34.4 Å². The predicted octanol–water partition coefficient (Wildman–Crippen LogP) is 4.64. The third kappa shape index (κ3) is 2.23. The van der Waals surface area contributed by atoms with Crippen molar-refractivity contribution in [2.75, 3.05) is 0 Å². The second-order valence-electron chi connectivity index (χ2n) is 7.64. The molecule has 1 N–H and O–H groups in total. The summed E-state index contributed by atoms with van der Waals surface area (Å²) in [5, 5.41) is 9.96. The van der Waals surface area contributed by atoms with Gasteiger partial charge in [-0.3, -0.25) is 0 Å². The van der Waals surface area contributed by atoms with Crippen LogP contribution in [0, 0.1) is 12.8 Å². The lowest BCUT2D eigenvalue weighted by molar-refractivity contribution is 0.196. The first-order valence-corrected chi connectivity index (χ1v) is 7.41. The zero-order valence-electron chi connectivity index (χ0n) is 13.5. The van der Waals surface area contributed by atoms with E-state index in [1.165, 1.54) is 23.1 Å². The topological polar surface area (TPSA) is 20.2 Å². The van der Waals surface area contributed by atoms with E-state index in [1.807, 2.05) is 6.92 Å². The van der Waals surface area contributed by atoms with Crippen LogP contribution in [0.4, 0.5) is 0 Å². The molecule has 2 unspecified atom stereocenters. The first-order valence-electron chi connectivity index (χ1n) is 7.41. The molecule has 1 aliphatic carbocycles. The van der Waals surface area contributed by atoms with Crippen LogP contribution in [0.5, 0.6) is 0 Å². The number of aliphatic hydroxyl groups excluding tert-OH is 1. The molecule has 2 atom stereocenters. The van der Waals surface area contributed by atoms with Crippen LogP contribution in [0.3, 0.4) is 0 Å². The van der Waals surface area contributed by atoms with E-state index >= 15 is 0 Å². The summed E-state index contributed by atoms with van der Waals surface area (Å²) in [7, 11) is 0. The molecule has 106 valence electrons. The molecule has 0 saturated heterocycles. The fourth-order valence-corrected chi connectivity index (χ4v) is 3.66. The van der Waals surface area contributed by atoms with Crippen LogP contribution in [0.1, 0.15) is 76.3 Å². The molecular weight excluding hydrogens is 232 g/mol. The molecular formula is C18H28O. The summed E-state index contributed by atoms with van der Waals surface area (Å²) in [6.07, 6.45) is 0.818.